The lowest BCUT2D eigenvalue weighted by Gasteiger charge is -2.22. The molecule has 0 aliphatic heterocycles. The van der Waals surface area contributed by atoms with Crippen molar-refractivity contribution in [3.05, 3.63) is 0 Å². The van der Waals surface area contributed by atoms with E-state index in [0.717, 1.165) is 12.0 Å². The monoisotopic (exact) mass is 199 g/mol. The van der Waals surface area contributed by atoms with Crippen molar-refractivity contribution in [2.45, 2.75) is 72.3 Å². The molecule has 86 valence electrons. The Labute approximate surface area is 90.7 Å². The van der Waals surface area contributed by atoms with Crippen molar-refractivity contribution in [3.8, 4) is 0 Å². The van der Waals surface area contributed by atoms with Crippen LogP contribution in [0, 0.1) is 5.92 Å². The van der Waals surface area contributed by atoms with Crippen LogP contribution in [-0.4, -0.2) is 12.6 Å². The van der Waals surface area contributed by atoms with Crippen molar-refractivity contribution in [3.63, 3.8) is 0 Å². The van der Waals surface area contributed by atoms with Gasteiger partial charge in [0.2, 0.25) is 0 Å². The summed E-state index contributed by atoms with van der Waals surface area (Å²) in [5.74, 6) is 0.902. The zero-order valence-corrected chi connectivity index (χ0v) is 10.6. The average molecular weight is 199 g/mol. The first-order chi connectivity index (χ1) is 6.84. The molecule has 0 amide bonds. The van der Waals surface area contributed by atoms with Crippen LogP contribution in [0.4, 0.5) is 0 Å². The highest BCUT2D eigenvalue weighted by atomic mass is 14.9. The van der Waals surface area contributed by atoms with Gasteiger partial charge in [0, 0.05) is 6.04 Å². The van der Waals surface area contributed by atoms with Crippen LogP contribution < -0.4 is 5.32 Å². The summed E-state index contributed by atoms with van der Waals surface area (Å²) in [6, 6.07) is 0.812. The van der Waals surface area contributed by atoms with E-state index in [2.05, 4.69) is 19.2 Å². The number of hydrogen-bond donors (Lipinski definition) is 1. The minimum atomic E-state index is 0.812. The van der Waals surface area contributed by atoms with Gasteiger partial charge in [-0.3, -0.25) is 0 Å². The molecule has 0 heterocycles. The Balaban J connectivity index is 0.000000791. The van der Waals surface area contributed by atoms with Crippen LogP contribution in [0.3, 0.4) is 0 Å². The molecule has 1 nitrogen and oxygen atoms in total. The lowest BCUT2D eigenvalue weighted by atomic mass is 9.97. The van der Waals surface area contributed by atoms with Crippen LogP contribution in [0.2, 0.25) is 0 Å². The molecule has 0 aromatic carbocycles. The lowest BCUT2D eigenvalue weighted by molar-refractivity contribution is 0.358. The molecule has 14 heavy (non-hydrogen) atoms. The summed E-state index contributed by atoms with van der Waals surface area (Å²) in [5, 5.41) is 3.66. The second kappa shape index (κ2) is 9.51. The van der Waals surface area contributed by atoms with E-state index >= 15 is 0 Å². The van der Waals surface area contributed by atoms with Gasteiger partial charge in [-0.25, -0.2) is 0 Å². The van der Waals surface area contributed by atoms with Gasteiger partial charge >= 0.3 is 0 Å². The molecule has 0 spiro atoms. The maximum absolute atomic E-state index is 3.66. The Kier molecular flexibility index (Phi) is 9.49. The standard InChI is InChI=1S/C11H23N.C2H6/c1-3-9-12-11-8-6-4-5-7-10(11)2;1-2/h10-12H,3-9H2,1-2H3;1-2H3. The summed E-state index contributed by atoms with van der Waals surface area (Å²) in [6.07, 6.45) is 8.44. The smallest absolute Gasteiger partial charge is 0.00926 e. The molecule has 0 aromatic heterocycles. The van der Waals surface area contributed by atoms with E-state index in [4.69, 9.17) is 0 Å². The van der Waals surface area contributed by atoms with E-state index in [1.54, 1.807) is 0 Å². The minimum absolute atomic E-state index is 0.812. The van der Waals surface area contributed by atoms with Crippen LogP contribution in [0.1, 0.15) is 66.2 Å². The quantitative estimate of drug-likeness (QED) is 0.678. The Hall–Kier alpha value is -0.0400. The summed E-state index contributed by atoms with van der Waals surface area (Å²) in [6.45, 7) is 9.85. The maximum Gasteiger partial charge on any atom is 0.00926 e. The highest BCUT2D eigenvalue weighted by molar-refractivity contribution is 4.76. The van der Waals surface area contributed by atoms with Crippen molar-refractivity contribution < 1.29 is 0 Å². The second-order valence-corrected chi connectivity index (χ2v) is 4.18. The van der Waals surface area contributed by atoms with Crippen LogP contribution >= 0.6 is 0 Å². The third-order valence-electron chi connectivity index (χ3n) is 3.02. The molecular weight excluding hydrogens is 170 g/mol. The normalized spacial score (nSPS) is 27.4. The zero-order valence-electron chi connectivity index (χ0n) is 10.6. The molecule has 1 rings (SSSR count). The van der Waals surface area contributed by atoms with Gasteiger partial charge in [-0.15, -0.1) is 0 Å². The summed E-state index contributed by atoms with van der Waals surface area (Å²) in [4.78, 5) is 0. The SMILES string of the molecule is CC.CCCNC1CCCCCC1C. The first-order valence-corrected chi connectivity index (χ1v) is 6.58. The van der Waals surface area contributed by atoms with Gasteiger partial charge in [0.1, 0.15) is 0 Å². The second-order valence-electron chi connectivity index (χ2n) is 4.18. The van der Waals surface area contributed by atoms with Gasteiger partial charge in [-0.05, 0) is 31.7 Å². The highest BCUT2D eigenvalue weighted by Crippen LogP contribution is 2.22. The fourth-order valence-electron chi connectivity index (χ4n) is 2.13. The number of nitrogens with one attached hydrogen (secondary N) is 1. The Morgan fingerprint density at radius 3 is 2.36 bits per heavy atom. The van der Waals surface area contributed by atoms with E-state index in [1.807, 2.05) is 13.8 Å². The molecule has 1 saturated carbocycles. The summed E-state index contributed by atoms with van der Waals surface area (Å²) < 4.78 is 0. The highest BCUT2D eigenvalue weighted by Gasteiger charge is 2.18. The van der Waals surface area contributed by atoms with Gasteiger partial charge in [0.15, 0.2) is 0 Å². The number of hydrogen-bond acceptors (Lipinski definition) is 1. The molecule has 1 N–H and O–H groups in total. The van der Waals surface area contributed by atoms with Crippen LogP contribution in [0.25, 0.3) is 0 Å². The number of rotatable bonds is 3. The first kappa shape index (κ1) is 14.0. The lowest BCUT2D eigenvalue weighted by Crippen LogP contribution is -2.34. The molecule has 2 unspecified atom stereocenters. The van der Waals surface area contributed by atoms with Crippen LogP contribution in [-0.2, 0) is 0 Å². The summed E-state index contributed by atoms with van der Waals surface area (Å²) >= 11 is 0. The Morgan fingerprint density at radius 1 is 1.07 bits per heavy atom. The van der Waals surface area contributed by atoms with E-state index < -0.39 is 0 Å². The molecule has 2 atom stereocenters. The molecular formula is C13H29N. The minimum Gasteiger partial charge on any atom is -0.314 e. The Bertz CT molecular complexity index is 112. The van der Waals surface area contributed by atoms with Gasteiger partial charge in [0.05, 0.1) is 0 Å². The Morgan fingerprint density at radius 2 is 1.71 bits per heavy atom. The molecule has 0 aromatic rings. The van der Waals surface area contributed by atoms with Crippen LogP contribution in [0.15, 0.2) is 0 Å². The zero-order chi connectivity index (χ0) is 10.8. The fraction of sp³-hybridized carbons (Fsp3) is 1.00. The van der Waals surface area contributed by atoms with E-state index in [9.17, 15) is 0 Å². The molecule has 0 radical (unpaired) electrons. The maximum atomic E-state index is 3.66. The predicted octanol–water partition coefficient (Wildman–Crippen LogP) is 3.98. The predicted molar refractivity (Wildman–Crippen MR) is 65.7 cm³/mol. The van der Waals surface area contributed by atoms with E-state index in [-0.39, 0.29) is 0 Å². The summed E-state index contributed by atoms with van der Waals surface area (Å²) in [5.41, 5.74) is 0. The fourth-order valence-corrected chi connectivity index (χ4v) is 2.13. The first-order valence-electron chi connectivity index (χ1n) is 6.58. The van der Waals surface area contributed by atoms with Crippen molar-refractivity contribution in [1.29, 1.82) is 0 Å². The van der Waals surface area contributed by atoms with Crippen LogP contribution in [0.5, 0.6) is 0 Å². The topological polar surface area (TPSA) is 12.0 Å². The molecule has 1 fully saturated rings. The van der Waals surface area contributed by atoms with E-state index in [0.29, 0.717) is 0 Å². The largest absolute Gasteiger partial charge is 0.314 e. The van der Waals surface area contributed by atoms with Gasteiger partial charge in [0.25, 0.3) is 0 Å². The van der Waals surface area contributed by atoms with Gasteiger partial charge < -0.3 is 5.32 Å². The molecule has 0 saturated heterocycles. The van der Waals surface area contributed by atoms with Gasteiger partial charge in [-0.1, -0.05) is 47.0 Å². The molecule has 1 heteroatoms. The molecule has 1 aliphatic rings. The summed E-state index contributed by atoms with van der Waals surface area (Å²) in [7, 11) is 0. The molecule has 1 aliphatic carbocycles. The van der Waals surface area contributed by atoms with Gasteiger partial charge in [-0.2, -0.15) is 0 Å². The average Bonchev–Trinajstić information content (AvgIpc) is 2.43. The molecule has 0 bridgehead atoms. The van der Waals surface area contributed by atoms with Crippen molar-refractivity contribution >= 4 is 0 Å². The van der Waals surface area contributed by atoms with E-state index in [1.165, 1.54) is 45.1 Å². The third-order valence-corrected chi connectivity index (χ3v) is 3.02. The van der Waals surface area contributed by atoms with Crippen molar-refractivity contribution in [1.82, 2.24) is 5.32 Å². The van der Waals surface area contributed by atoms with Crippen molar-refractivity contribution in [2.75, 3.05) is 6.54 Å². The van der Waals surface area contributed by atoms with Crippen molar-refractivity contribution in [2.24, 2.45) is 5.92 Å². The third kappa shape index (κ3) is 5.64.